The first-order chi connectivity index (χ1) is 12.6. The highest BCUT2D eigenvalue weighted by Gasteiger charge is 2.26. The Balaban J connectivity index is 1.74. The van der Waals surface area contributed by atoms with Gasteiger partial charge in [0, 0.05) is 38.8 Å². The van der Waals surface area contributed by atoms with Gasteiger partial charge in [0.05, 0.1) is 4.90 Å². The van der Waals surface area contributed by atoms with E-state index in [0.29, 0.717) is 11.4 Å². The lowest BCUT2D eigenvalue weighted by atomic mass is 10.0. The van der Waals surface area contributed by atoms with Gasteiger partial charge in [0.25, 0.3) is 0 Å². The van der Waals surface area contributed by atoms with Gasteiger partial charge in [-0.3, -0.25) is 4.90 Å². The largest absolute Gasteiger partial charge is 0.301 e. The molecule has 1 saturated heterocycles. The van der Waals surface area contributed by atoms with Crippen LogP contribution in [0.5, 0.6) is 0 Å². The van der Waals surface area contributed by atoms with Crippen LogP contribution in [0.15, 0.2) is 65.6 Å². The molecule has 0 aliphatic carbocycles. The predicted octanol–water partition coefficient (Wildman–Crippen LogP) is 2.34. The number of rotatable bonds is 7. The fourth-order valence-corrected chi connectivity index (χ4v) is 4.46. The zero-order valence-electron chi connectivity index (χ0n) is 15.2. The summed E-state index contributed by atoms with van der Waals surface area (Å²) in [7, 11) is -3.50. The summed E-state index contributed by atoms with van der Waals surface area (Å²) in [5, 5.41) is 0. The molecule has 0 spiro atoms. The molecular formula is C20H27N3O2S. The van der Waals surface area contributed by atoms with Crippen LogP contribution in [0.3, 0.4) is 0 Å². The first-order valence-electron chi connectivity index (χ1n) is 9.16. The van der Waals surface area contributed by atoms with Crippen LogP contribution in [0, 0.1) is 0 Å². The van der Waals surface area contributed by atoms with Gasteiger partial charge in [0.15, 0.2) is 0 Å². The molecule has 5 nitrogen and oxygen atoms in total. The third-order valence-electron chi connectivity index (χ3n) is 5.00. The fourth-order valence-electron chi connectivity index (χ4n) is 3.40. The molecule has 140 valence electrons. The standard InChI is InChI=1S/C20H27N3O2S/c1-2-22-13-15-23(16-14-22)20(18-9-5-3-6-10-18)17-21-26(24,25)19-11-7-4-8-12-19/h3-12,20-21H,2,13-17H2,1H3/t20-/m0/s1. The Hall–Kier alpha value is -1.73. The van der Waals surface area contributed by atoms with E-state index in [1.54, 1.807) is 24.3 Å². The number of hydrogen-bond donors (Lipinski definition) is 1. The van der Waals surface area contributed by atoms with Gasteiger partial charge in [-0.05, 0) is 24.2 Å². The minimum Gasteiger partial charge on any atom is -0.301 e. The number of benzene rings is 2. The van der Waals surface area contributed by atoms with Crippen molar-refractivity contribution in [2.75, 3.05) is 39.3 Å². The normalized spacial score (nSPS) is 17.9. The highest BCUT2D eigenvalue weighted by Crippen LogP contribution is 2.22. The Labute approximate surface area is 156 Å². The van der Waals surface area contributed by atoms with Crippen LogP contribution in [0.1, 0.15) is 18.5 Å². The Bertz CT molecular complexity index is 773. The van der Waals surface area contributed by atoms with Crippen molar-refractivity contribution < 1.29 is 8.42 Å². The minimum absolute atomic E-state index is 0.0358. The van der Waals surface area contributed by atoms with E-state index >= 15 is 0 Å². The molecule has 1 heterocycles. The summed E-state index contributed by atoms with van der Waals surface area (Å²) in [5.41, 5.74) is 1.15. The molecule has 6 heteroatoms. The Morgan fingerprint density at radius 2 is 1.50 bits per heavy atom. The van der Waals surface area contributed by atoms with Crippen molar-refractivity contribution >= 4 is 10.0 Å². The molecule has 0 bridgehead atoms. The van der Waals surface area contributed by atoms with Crippen molar-refractivity contribution in [3.05, 3.63) is 66.2 Å². The molecule has 0 amide bonds. The van der Waals surface area contributed by atoms with E-state index < -0.39 is 10.0 Å². The number of piperazine rings is 1. The third-order valence-corrected chi connectivity index (χ3v) is 6.44. The van der Waals surface area contributed by atoms with Gasteiger partial charge in [-0.15, -0.1) is 0 Å². The average molecular weight is 374 g/mol. The maximum Gasteiger partial charge on any atom is 0.240 e. The van der Waals surface area contributed by atoms with E-state index in [1.807, 2.05) is 24.3 Å². The Kier molecular flexibility index (Phi) is 6.43. The predicted molar refractivity (Wildman–Crippen MR) is 105 cm³/mol. The minimum atomic E-state index is -3.50. The average Bonchev–Trinajstić information content (AvgIpc) is 2.70. The highest BCUT2D eigenvalue weighted by molar-refractivity contribution is 7.89. The second kappa shape index (κ2) is 8.77. The number of nitrogens with one attached hydrogen (secondary N) is 1. The molecule has 2 aromatic carbocycles. The highest BCUT2D eigenvalue weighted by atomic mass is 32.2. The number of likely N-dealkylation sites (N-methyl/N-ethyl adjacent to an activating group) is 1. The molecule has 1 fully saturated rings. The molecular weight excluding hydrogens is 346 g/mol. The van der Waals surface area contributed by atoms with Crippen LogP contribution < -0.4 is 4.72 Å². The lowest BCUT2D eigenvalue weighted by Crippen LogP contribution is -2.49. The van der Waals surface area contributed by atoms with Gasteiger partial charge < -0.3 is 4.90 Å². The van der Waals surface area contributed by atoms with Crippen LogP contribution in [0.2, 0.25) is 0 Å². The summed E-state index contributed by atoms with van der Waals surface area (Å²) in [6.07, 6.45) is 0. The summed E-state index contributed by atoms with van der Waals surface area (Å²) >= 11 is 0. The lowest BCUT2D eigenvalue weighted by Gasteiger charge is -2.39. The van der Waals surface area contributed by atoms with E-state index in [9.17, 15) is 8.42 Å². The first-order valence-corrected chi connectivity index (χ1v) is 10.6. The van der Waals surface area contributed by atoms with Gasteiger partial charge in [0.1, 0.15) is 0 Å². The van der Waals surface area contributed by atoms with E-state index in [-0.39, 0.29) is 6.04 Å². The summed E-state index contributed by atoms with van der Waals surface area (Å²) in [6.45, 7) is 7.54. The van der Waals surface area contributed by atoms with Crippen LogP contribution >= 0.6 is 0 Å². The summed E-state index contributed by atoms with van der Waals surface area (Å²) in [5.74, 6) is 0. The van der Waals surface area contributed by atoms with Gasteiger partial charge in [-0.2, -0.15) is 0 Å². The van der Waals surface area contributed by atoms with E-state index in [2.05, 4.69) is 33.6 Å². The SMILES string of the molecule is CCN1CCN([C@@H](CNS(=O)(=O)c2ccccc2)c2ccccc2)CC1. The zero-order chi connectivity index (χ0) is 18.4. The quantitative estimate of drug-likeness (QED) is 0.809. The van der Waals surface area contributed by atoms with Gasteiger partial charge in [-0.25, -0.2) is 13.1 Å². The molecule has 2 aromatic rings. The van der Waals surface area contributed by atoms with Crippen LogP contribution in [0.25, 0.3) is 0 Å². The molecule has 0 aromatic heterocycles. The molecule has 3 rings (SSSR count). The van der Waals surface area contributed by atoms with Gasteiger partial charge >= 0.3 is 0 Å². The Morgan fingerprint density at radius 1 is 0.923 bits per heavy atom. The second-order valence-electron chi connectivity index (χ2n) is 6.56. The first kappa shape index (κ1) is 19.0. The third kappa shape index (κ3) is 4.71. The van der Waals surface area contributed by atoms with Crippen LogP contribution in [0.4, 0.5) is 0 Å². The molecule has 0 unspecified atom stereocenters. The van der Waals surface area contributed by atoms with E-state index in [1.165, 1.54) is 0 Å². The molecule has 1 N–H and O–H groups in total. The van der Waals surface area contributed by atoms with Crippen LogP contribution in [-0.2, 0) is 10.0 Å². The monoisotopic (exact) mass is 373 g/mol. The van der Waals surface area contributed by atoms with E-state index in [0.717, 1.165) is 38.3 Å². The van der Waals surface area contributed by atoms with Crippen molar-refractivity contribution in [2.24, 2.45) is 0 Å². The lowest BCUT2D eigenvalue weighted by molar-refractivity contribution is 0.100. The fraction of sp³-hybridized carbons (Fsp3) is 0.400. The maximum atomic E-state index is 12.6. The van der Waals surface area contributed by atoms with Crippen molar-refractivity contribution in [1.29, 1.82) is 0 Å². The molecule has 1 aliphatic heterocycles. The Morgan fingerprint density at radius 3 is 2.08 bits per heavy atom. The van der Waals surface area contributed by atoms with Crippen molar-refractivity contribution in [2.45, 2.75) is 17.9 Å². The number of nitrogens with zero attached hydrogens (tertiary/aromatic N) is 2. The molecule has 1 atom stereocenters. The number of sulfonamides is 1. The molecule has 26 heavy (non-hydrogen) atoms. The number of hydrogen-bond acceptors (Lipinski definition) is 4. The second-order valence-corrected chi connectivity index (χ2v) is 8.33. The summed E-state index contributed by atoms with van der Waals surface area (Å²) in [6, 6.07) is 18.8. The molecule has 1 aliphatic rings. The smallest absolute Gasteiger partial charge is 0.240 e. The van der Waals surface area contributed by atoms with Crippen molar-refractivity contribution in [1.82, 2.24) is 14.5 Å². The van der Waals surface area contributed by atoms with Gasteiger partial charge in [-0.1, -0.05) is 55.5 Å². The maximum absolute atomic E-state index is 12.6. The summed E-state index contributed by atoms with van der Waals surface area (Å²) < 4.78 is 28.0. The van der Waals surface area contributed by atoms with Gasteiger partial charge in [0.2, 0.25) is 10.0 Å². The van der Waals surface area contributed by atoms with Crippen LogP contribution in [-0.4, -0.2) is 57.5 Å². The van der Waals surface area contributed by atoms with Crippen molar-refractivity contribution in [3.63, 3.8) is 0 Å². The molecule has 0 saturated carbocycles. The topological polar surface area (TPSA) is 52.6 Å². The zero-order valence-corrected chi connectivity index (χ0v) is 16.0. The van der Waals surface area contributed by atoms with Crippen molar-refractivity contribution in [3.8, 4) is 0 Å². The molecule has 0 radical (unpaired) electrons. The van der Waals surface area contributed by atoms with E-state index in [4.69, 9.17) is 0 Å². The summed E-state index contributed by atoms with van der Waals surface area (Å²) in [4.78, 5) is 5.12.